The normalized spacial score (nSPS) is 17.9. The fraction of sp³-hybridized carbons (Fsp3) is 0.333. The van der Waals surface area contributed by atoms with Gasteiger partial charge < -0.3 is 16.3 Å². The molecule has 0 unspecified atom stereocenters. The Morgan fingerprint density at radius 2 is 2.11 bits per heavy atom. The van der Waals surface area contributed by atoms with Crippen molar-refractivity contribution in [2.75, 3.05) is 5.32 Å². The van der Waals surface area contributed by atoms with Crippen molar-refractivity contribution < 1.29 is 14.4 Å². The minimum Gasteiger partial charge on any atom is -0.409 e. The summed E-state index contributed by atoms with van der Waals surface area (Å²) in [5.41, 5.74) is 4.65. The maximum Gasteiger partial charge on any atom is 0.238 e. The van der Waals surface area contributed by atoms with Crippen molar-refractivity contribution in [3.05, 3.63) is 30.1 Å². The van der Waals surface area contributed by atoms with E-state index in [1.807, 2.05) is 0 Å². The van der Waals surface area contributed by atoms with E-state index < -0.39 is 17.1 Å². The molecule has 4 N–H and O–H groups in total. The molecule has 0 spiro atoms. The van der Waals surface area contributed by atoms with Gasteiger partial charge in [-0.15, -0.1) is 0 Å². The number of nitrogens with two attached hydrogens (primary N) is 1. The number of nitrogens with one attached hydrogen (secondary N) is 1. The van der Waals surface area contributed by atoms with Gasteiger partial charge >= 0.3 is 0 Å². The number of carbonyl (C=O) groups is 1. The molecule has 1 fully saturated rings. The van der Waals surface area contributed by atoms with E-state index >= 15 is 0 Å². The van der Waals surface area contributed by atoms with E-state index in [1.165, 1.54) is 18.2 Å². The quantitative estimate of drug-likeness (QED) is 0.330. The van der Waals surface area contributed by atoms with Crippen molar-refractivity contribution in [1.29, 1.82) is 0 Å². The molecule has 0 aromatic heterocycles. The van der Waals surface area contributed by atoms with Crippen molar-refractivity contribution in [3.8, 4) is 0 Å². The van der Waals surface area contributed by atoms with Gasteiger partial charge in [-0.25, -0.2) is 4.39 Å². The SMILES string of the molecule is N/C(=N/O)C1(C(=O)Nc2ccccc2F)CCC1. The predicted molar refractivity (Wildman–Crippen MR) is 64.7 cm³/mol. The van der Waals surface area contributed by atoms with Gasteiger partial charge in [0.25, 0.3) is 0 Å². The van der Waals surface area contributed by atoms with Crippen molar-refractivity contribution in [2.24, 2.45) is 16.3 Å². The van der Waals surface area contributed by atoms with Crippen LogP contribution >= 0.6 is 0 Å². The van der Waals surface area contributed by atoms with Gasteiger partial charge in [0.05, 0.1) is 5.69 Å². The Morgan fingerprint density at radius 3 is 2.61 bits per heavy atom. The Morgan fingerprint density at radius 1 is 1.44 bits per heavy atom. The zero-order valence-corrected chi connectivity index (χ0v) is 9.69. The van der Waals surface area contributed by atoms with Gasteiger partial charge in [0.15, 0.2) is 5.84 Å². The van der Waals surface area contributed by atoms with Crippen LogP contribution in [0.1, 0.15) is 19.3 Å². The topological polar surface area (TPSA) is 87.7 Å². The van der Waals surface area contributed by atoms with Crippen molar-refractivity contribution in [2.45, 2.75) is 19.3 Å². The Kier molecular flexibility index (Phi) is 3.18. The van der Waals surface area contributed by atoms with E-state index in [0.29, 0.717) is 12.8 Å². The summed E-state index contributed by atoms with van der Waals surface area (Å²) in [6.45, 7) is 0. The molecule has 6 heteroatoms. The van der Waals surface area contributed by atoms with Crippen LogP contribution in [0.15, 0.2) is 29.4 Å². The van der Waals surface area contributed by atoms with E-state index in [4.69, 9.17) is 10.9 Å². The number of carbonyl (C=O) groups excluding carboxylic acids is 1. The number of amides is 1. The smallest absolute Gasteiger partial charge is 0.238 e. The Bertz CT molecular complexity index is 498. The van der Waals surface area contributed by atoms with Gasteiger partial charge in [0.2, 0.25) is 5.91 Å². The third-order valence-corrected chi connectivity index (χ3v) is 3.36. The fourth-order valence-electron chi connectivity index (χ4n) is 2.03. The lowest BCUT2D eigenvalue weighted by molar-refractivity contribution is -0.125. The van der Waals surface area contributed by atoms with Gasteiger partial charge in [0, 0.05) is 0 Å². The van der Waals surface area contributed by atoms with Crippen LogP contribution in [0.25, 0.3) is 0 Å². The van der Waals surface area contributed by atoms with Crippen LogP contribution in [0.3, 0.4) is 0 Å². The molecule has 0 saturated heterocycles. The molecule has 1 saturated carbocycles. The highest BCUT2D eigenvalue weighted by molar-refractivity contribution is 6.12. The second-order valence-corrected chi connectivity index (χ2v) is 4.35. The highest BCUT2D eigenvalue weighted by atomic mass is 19.1. The maximum absolute atomic E-state index is 13.4. The minimum absolute atomic E-state index is 0.0968. The Labute approximate surface area is 103 Å². The largest absolute Gasteiger partial charge is 0.409 e. The number of rotatable bonds is 3. The summed E-state index contributed by atoms with van der Waals surface area (Å²) in [6, 6.07) is 5.88. The predicted octanol–water partition coefficient (Wildman–Crippen LogP) is 1.68. The molecule has 5 nitrogen and oxygen atoms in total. The number of para-hydroxylation sites is 1. The number of nitrogens with zero attached hydrogens (tertiary/aromatic N) is 1. The maximum atomic E-state index is 13.4. The first-order valence-corrected chi connectivity index (χ1v) is 5.64. The van der Waals surface area contributed by atoms with Crippen LogP contribution in [0.5, 0.6) is 0 Å². The third kappa shape index (κ3) is 1.90. The standard InChI is InChI=1S/C12H14FN3O2/c13-8-4-1-2-5-9(8)15-11(17)12(6-3-7-12)10(14)16-18/h1-2,4-5,18H,3,6-7H2,(H2,14,16)(H,15,17). The van der Waals surface area contributed by atoms with Crippen LogP contribution < -0.4 is 11.1 Å². The summed E-state index contributed by atoms with van der Waals surface area (Å²) in [5.74, 6) is -1.07. The molecule has 1 aromatic rings. The van der Waals surface area contributed by atoms with Gasteiger partial charge in [-0.1, -0.05) is 23.7 Å². The molecule has 1 aromatic carbocycles. The monoisotopic (exact) mass is 251 g/mol. The second kappa shape index (κ2) is 4.64. The molecule has 1 amide bonds. The van der Waals surface area contributed by atoms with Crippen LogP contribution in [0.2, 0.25) is 0 Å². The first-order chi connectivity index (χ1) is 8.60. The molecule has 18 heavy (non-hydrogen) atoms. The summed E-state index contributed by atoms with van der Waals surface area (Å²) < 4.78 is 13.4. The number of anilines is 1. The first kappa shape index (κ1) is 12.3. The second-order valence-electron chi connectivity index (χ2n) is 4.35. The van der Waals surface area contributed by atoms with Gasteiger partial charge in [0.1, 0.15) is 11.2 Å². The van der Waals surface area contributed by atoms with E-state index in [-0.39, 0.29) is 11.5 Å². The Hall–Kier alpha value is -2.11. The molecule has 0 bridgehead atoms. The van der Waals surface area contributed by atoms with Crippen LogP contribution in [0.4, 0.5) is 10.1 Å². The summed E-state index contributed by atoms with van der Waals surface area (Å²) >= 11 is 0. The molecular formula is C12H14FN3O2. The average Bonchev–Trinajstić information content (AvgIpc) is 2.30. The van der Waals surface area contributed by atoms with Crippen LogP contribution in [0, 0.1) is 11.2 Å². The summed E-state index contributed by atoms with van der Waals surface area (Å²) in [4.78, 5) is 12.1. The summed E-state index contributed by atoms with van der Waals surface area (Å²) in [5, 5.41) is 14.1. The van der Waals surface area contributed by atoms with Crippen LogP contribution in [-0.2, 0) is 4.79 Å². The number of benzene rings is 1. The molecule has 1 aliphatic carbocycles. The molecular weight excluding hydrogens is 237 g/mol. The lowest BCUT2D eigenvalue weighted by atomic mass is 9.67. The Balaban J connectivity index is 2.20. The number of hydrogen-bond donors (Lipinski definition) is 3. The molecule has 0 radical (unpaired) electrons. The van der Waals surface area contributed by atoms with Gasteiger partial charge in [-0.3, -0.25) is 4.79 Å². The number of oxime groups is 1. The summed E-state index contributed by atoms with van der Waals surface area (Å²) in [6.07, 6.45) is 1.83. The van der Waals surface area contributed by atoms with E-state index in [0.717, 1.165) is 6.42 Å². The summed E-state index contributed by atoms with van der Waals surface area (Å²) in [7, 11) is 0. The number of halogens is 1. The molecule has 1 aliphatic rings. The van der Waals surface area contributed by atoms with Crippen molar-refractivity contribution in [3.63, 3.8) is 0 Å². The molecule has 0 heterocycles. The highest BCUT2D eigenvalue weighted by Crippen LogP contribution is 2.42. The molecule has 2 rings (SSSR count). The lowest BCUT2D eigenvalue weighted by Gasteiger charge is -2.38. The average molecular weight is 251 g/mol. The minimum atomic E-state index is -1.00. The van der Waals surface area contributed by atoms with E-state index in [2.05, 4.69) is 10.5 Å². The molecule has 0 aliphatic heterocycles. The number of hydrogen-bond acceptors (Lipinski definition) is 3. The zero-order chi connectivity index (χ0) is 13.2. The van der Waals surface area contributed by atoms with Crippen LogP contribution in [-0.4, -0.2) is 17.0 Å². The third-order valence-electron chi connectivity index (χ3n) is 3.36. The van der Waals surface area contributed by atoms with E-state index in [9.17, 15) is 9.18 Å². The zero-order valence-electron chi connectivity index (χ0n) is 9.69. The van der Waals surface area contributed by atoms with Gasteiger partial charge in [-0.2, -0.15) is 0 Å². The van der Waals surface area contributed by atoms with Gasteiger partial charge in [-0.05, 0) is 25.0 Å². The van der Waals surface area contributed by atoms with E-state index in [1.54, 1.807) is 6.07 Å². The fourth-order valence-corrected chi connectivity index (χ4v) is 2.03. The highest BCUT2D eigenvalue weighted by Gasteiger charge is 2.48. The number of amidine groups is 1. The lowest BCUT2D eigenvalue weighted by Crippen LogP contribution is -2.51. The molecule has 0 atom stereocenters. The van der Waals surface area contributed by atoms with Crippen molar-refractivity contribution >= 4 is 17.4 Å². The molecule has 96 valence electrons. The van der Waals surface area contributed by atoms with Crippen molar-refractivity contribution in [1.82, 2.24) is 0 Å². The first-order valence-electron chi connectivity index (χ1n) is 5.64.